The van der Waals surface area contributed by atoms with Crippen molar-refractivity contribution in [3.8, 4) is 5.75 Å². The van der Waals surface area contributed by atoms with E-state index in [1.54, 1.807) is 6.92 Å². The molecule has 0 radical (unpaired) electrons. The van der Waals surface area contributed by atoms with E-state index in [1.807, 2.05) is 0 Å². The summed E-state index contributed by atoms with van der Waals surface area (Å²) in [5.74, 6) is -0.554. The molecule has 0 unspecified atom stereocenters. The average Bonchev–Trinajstić information content (AvgIpc) is 2.13. The minimum atomic E-state index is -4.88. The molecule has 1 aromatic rings. The van der Waals surface area contributed by atoms with Crippen molar-refractivity contribution in [1.29, 1.82) is 0 Å². The lowest BCUT2D eigenvalue weighted by Crippen LogP contribution is -2.18. The maximum absolute atomic E-state index is 12.1. The van der Waals surface area contributed by atoms with E-state index in [1.165, 1.54) is 6.07 Å². The summed E-state index contributed by atoms with van der Waals surface area (Å²) in [5.41, 5.74) is 0.242. The predicted octanol–water partition coefficient (Wildman–Crippen LogP) is 3.08. The van der Waals surface area contributed by atoms with Gasteiger partial charge in [0.1, 0.15) is 5.75 Å². The molecule has 0 fully saturated rings. The van der Waals surface area contributed by atoms with E-state index in [0.717, 1.165) is 12.1 Å². The normalized spacial score (nSPS) is 12.5. The van der Waals surface area contributed by atoms with Gasteiger partial charge in [-0.15, -0.1) is 13.2 Å². The third-order valence-electron chi connectivity index (χ3n) is 1.93. The summed E-state index contributed by atoms with van der Waals surface area (Å²) in [6.45, 7) is 1.62. The fourth-order valence-electron chi connectivity index (χ4n) is 1.20. The lowest BCUT2D eigenvalue weighted by molar-refractivity contribution is -0.275. The number of hydrogen-bond acceptors (Lipinski definition) is 3. The van der Waals surface area contributed by atoms with E-state index in [4.69, 9.17) is 10.7 Å². The van der Waals surface area contributed by atoms with Crippen LogP contribution in [0.15, 0.2) is 23.1 Å². The molecule has 0 heterocycles. The fourth-order valence-corrected chi connectivity index (χ4v) is 1.96. The van der Waals surface area contributed by atoms with Gasteiger partial charge in [0.2, 0.25) is 0 Å². The highest BCUT2D eigenvalue weighted by Crippen LogP contribution is 2.30. The van der Waals surface area contributed by atoms with Gasteiger partial charge in [-0.05, 0) is 18.1 Å². The van der Waals surface area contributed by atoms with Crippen molar-refractivity contribution in [1.82, 2.24) is 0 Å². The topological polar surface area (TPSA) is 43.4 Å². The molecule has 0 aliphatic rings. The molecule has 8 heteroatoms. The quantitative estimate of drug-likeness (QED) is 0.803. The first kappa shape index (κ1) is 14.1. The Balaban J connectivity index is 3.25. The van der Waals surface area contributed by atoms with Gasteiger partial charge in [0, 0.05) is 16.7 Å². The molecule has 1 aromatic carbocycles. The average molecular weight is 289 g/mol. The highest BCUT2D eigenvalue weighted by atomic mass is 35.7. The predicted molar refractivity (Wildman–Crippen MR) is 55.5 cm³/mol. The van der Waals surface area contributed by atoms with Gasteiger partial charge in [0.15, 0.2) is 0 Å². The molecule has 0 N–H and O–H groups in total. The van der Waals surface area contributed by atoms with Crippen LogP contribution in [-0.2, 0) is 15.5 Å². The van der Waals surface area contributed by atoms with E-state index < -0.39 is 26.1 Å². The van der Waals surface area contributed by atoms with E-state index >= 15 is 0 Å². The standard InChI is InChI=1S/C9H8ClF3O3S/c1-2-6-3-4-7(17(10,14)15)5-8(6)16-9(11,12)13/h3-5H,2H2,1H3. The third kappa shape index (κ3) is 4.08. The Bertz CT molecular complexity index is 511. The summed E-state index contributed by atoms with van der Waals surface area (Å²) in [7, 11) is 0.952. The van der Waals surface area contributed by atoms with Crippen LogP contribution in [0.2, 0.25) is 0 Å². The maximum atomic E-state index is 12.1. The zero-order valence-corrected chi connectivity index (χ0v) is 10.2. The van der Waals surface area contributed by atoms with Crippen LogP contribution in [0.4, 0.5) is 13.2 Å². The van der Waals surface area contributed by atoms with Crippen LogP contribution < -0.4 is 4.74 Å². The second kappa shape index (κ2) is 4.73. The van der Waals surface area contributed by atoms with Crippen LogP contribution in [0, 0.1) is 0 Å². The number of ether oxygens (including phenoxy) is 1. The number of rotatable bonds is 3. The fraction of sp³-hybridized carbons (Fsp3) is 0.333. The lowest BCUT2D eigenvalue weighted by atomic mass is 10.1. The van der Waals surface area contributed by atoms with Crippen molar-refractivity contribution >= 4 is 19.7 Å². The molecule has 0 bridgehead atoms. The van der Waals surface area contributed by atoms with E-state index in [9.17, 15) is 21.6 Å². The van der Waals surface area contributed by atoms with E-state index in [0.29, 0.717) is 0 Å². The van der Waals surface area contributed by atoms with Gasteiger partial charge < -0.3 is 4.74 Å². The molecule has 0 aliphatic heterocycles. The number of benzene rings is 1. The Hall–Kier alpha value is -0.950. The van der Waals surface area contributed by atoms with Crippen LogP contribution in [0.25, 0.3) is 0 Å². The van der Waals surface area contributed by atoms with Crippen LogP contribution >= 0.6 is 10.7 Å². The number of hydrogen-bond donors (Lipinski definition) is 0. The second-order valence-corrected chi connectivity index (χ2v) is 5.67. The Kier molecular flexibility index (Phi) is 3.93. The molecular weight excluding hydrogens is 281 g/mol. The van der Waals surface area contributed by atoms with Gasteiger partial charge in [-0.25, -0.2) is 8.42 Å². The van der Waals surface area contributed by atoms with Crippen molar-refractivity contribution in [3.05, 3.63) is 23.8 Å². The molecule has 17 heavy (non-hydrogen) atoms. The summed E-state index contributed by atoms with van der Waals surface area (Å²) in [5, 5.41) is 0. The van der Waals surface area contributed by atoms with Crippen molar-refractivity contribution < 1.29 is 26.3 Å². The Morgan fingerprint density at radius 1 is 1.35 bits per heavy atom. The lowest BCUT2D eigenvalue weighted by Gasteiger charge is -2.13. The zero-order chi connectivity index (χ0) is 13.3. The number of aryl methyl sites for hydroxylation is 1. The van der Waals surface area contributed by atoms with E-state index in [2.05, 4.69) is 4.74 Å². The summed E-state index contributed by atoms with van der Waals surface area (Å²) in [4.78, 5) is -0.435. The number of halogens is 4. The smallest absolute Gasteiger partial charge is 0.405 e. The summed E-state index contributed by atoms with van der Waals surface area (Å²) >= 11 is 0. The first-order chi connectivity index (χ1) is 7.63. The summed E-state index contributed by atoms with van der Waals surface area (Å²) in [6.07, 6.45) is -4.60. The van der Waals surface area contributed by atoms with Crippen molar-refractivity contribution in [2.45, 2.75) is 24.6 Å². The molecule has 0 aromatic heterocycles. The van der Waals surface area contributed by atoms with Crippen LogP contribution in [0.5, 0.6) is 5.75 Å². The molecule has 0 spiro atoms. The third-order valence-corrected chi connectivity index (χ3v) is 3.28. The van der Waals surface area contributed by atoms with Gasteiger partial charge in [0.05, 0.1) is 4.90 Å². The molecule has 0 aliphatic carbocycles. The first-order valence-electron chi connectivity index (χ1n) is 4.47. The van der Waals surface area contributed by atoms with Crippen LogP contribution in [-0.4, -0.2) is 14.8 Å². The molecule has 0 amide bonds. The first-order valence-corrected chi connectivity index (χ1v) is 6.77. The highest BCUT2D eigenvalue weighted by Gasteiger charge is 2.32. The molecular formula is C9H8ClF3O3S. The van der Waals surface area contributed by atoms with Crippen molar-refractivity contribution in [3.63, 3.8) is 0 Å². The Morgan fingerprint density at radius 2 is 1.94 bits per heavy atom. The molecule has 3 nitrogen and oxygen atoms in total. The molecule has 0 saturated heterocycles. The zero-order valence-electron chi connectivity index (χ0n) is 8.58. The summed E-state index contributed by atoms with van der Waals surface area (Å²) in [6, 6.07) is 3.12. The van der Waals surface area contributed by atoms with Gasteiger partial charge in [0.25, 0.3) is 9.05 Å². The van der Waals surface area contributed by atoms with Gasteiger partial charge in [-0.3, -0.25) is 0 Å². The van der Waals surface area contributed by atoms with Crippen molar-refractivity contribution in [2.75, 3.05) is 0 Å². The van der Waals surface area contributed by atoms with Gasteiger partial charge in [-0.2, -0.15) is 0 Å². The van der Waals surface area contributed by atoms with Crippen LogP contribution in [0.3, 0.4) is 0 Å². The highest BCUT2D eigenvalue weighted by molar-refractivity contribution is 8.13. The monoisotopic (exact) mass is 288 g/mol. The Labute approximate surface area is 101 Å². The largest absolute Gasteiger partial charge is 0.573 e. The minimum Gasteiger partial charge on any atom is -0.405 e. The molecule has 1 rings (SSSR count). The van der Waals surface area contributed by atoms with E-state index in [-0.39, 0.29) is 12.0 Å². The Morgan fingerprint density at radius 3 is 2.35 bits per heavy atom. The van der Waals surface area contributed by atoms with Gasteiger partial charge in [-0.1, -0.05) is 13.0 Å². The summed E-state index contributed by atoms with van der Waals surface area (Å²) < 4.78 is 61.9. The molecule has 0 saturated carbocycles. The second-order valence-electron chi connectivity index (χ2n) is 3.11. The molecule has 0 atom stereocenters. The minimum absolute atomic E-state index is 0.242. The maximum Gasteiger partial charge on any atom is 0.573 e. The van der Waals surface area contributed by atoms with Crippen molar-refractivity contribution in [2.24, 2.45) is 0 Å². The SMILES string of the molecule is CCc1ccc(S(=O)(=O)Cl)cc1OC(F)(F)F. The van der Waals surface area contributed by atoms with Gasteiger partial charge >= 0.3 is 6.36 Å². The van der Waals surface area contributed by atoms with Crippen LogP contribution in [0.1, 0.15) is 12.5 Å². The molecule has 96 valence electrons. The number of alkyl halides is 3.